The van der Waals surface area contributed by atoms with Gasteiger partial charge in [-0.2, -0.15) is 0 Å². The number of esters is 1. The number of ether oxygens (including phenoxy) is 1. The van der Waals surface area contributed by atoms with Crippen LogP contribution in [0.1, 0.15) is 29.6 Å². The highest BCUT2D eigenvalue weighted by atomic mass is 16.5. The molecule has 0 fully saturated rings. The number of hydrogen-bond donors (Lipinski definition) is 2. The van der Waals surface area contributed by atoms with Crippen molar-refractivity contribution in [3.05, 3.63) is 71.8 Å². The monoisotopic (exact) mass is 312 g/mol. The van der Waals surface area contributed by atoms with Crippen LogP contribution in [0.15, 0.2) is 60.7 Å². The first kappa shape index (κ1) is 16.7. The Bertz CT molecular complexity index is 644. The molecule has 23 heavy (non-hydrogen) atoms. The Kier molecular flexibility index (Phi) is 5.88. The molecule has 0 heterocycles. The average molecular weight is 312 g/mol. The third-order valence-electron chi connectivity index (χ3n) is 3.59. The topological polar surface area (TPSA) is 81.4 Å². The molecule has 1 amide bonds. The van der Waals surface area contributed by atoms with Crippen molar-refractivity contribution in [3.63, 3.8) is 0 Å². The highest BCUT2D eigenvalue weighted by molar-refractivity contribution is 5.81. The number of carbonyl (C=O) groups excluding carboxylic acids is 2. The summed E-state index contributed by atoms with van der Waals surface area (Å²) in [5, 5.41) is 3.18. The molecule has 0 aromatic heterocycles. The molecule has 5 heteroatoms. The fourth-order valence-corrected chi connectivity index (χ4v) is 2.40. The minimum Gasteiger partial charge on any atom is -0.469 e. The van der Waals surface area contributed by atoms with Gasteiger partial charge in [0, 0.05) is 6.04 Å². The molecular weight excluding hydrogens is 292 g/mol. The van der Waals surface area contributed by atoms with E-state index in [9.17, 15) is 9.59 Å². The van der Waals surface area contributed by atoms with Crippen LogP contribution in [0.25, 0.3) is 0 Å². The first-order valence-electron chi connectivity index (χ1n) is 7.34. The van der Waals surface area contributed by atoms with Crippen molar-refractivity contribution in [3.8, 4) is 0 Å². The molecule has 2 aromatic carbocycles. The maximum Gasteiger partial charge on any atom is 0.307 e. The average Bonchev–Trinajstić information content (AvgIpc) is 2.59. The molecule has 2 rings (SSSR count). The molecule has 0 unspecified atom stereocenters. The minimum atomic E-state index is -0.689. The van der Waals surface area contributed by atoms with E-state index < -0.39 is 11.9 Å². The largest absolute Gasteiger partial charge is 0.469 e. The van der Waals surface area contributed by atoms with Crippen molar-refractivity contribution < 1.29 is 14.3 Å². The first-order valence-corrected chi connectivity index (χ1v) is 7.34. The second-order valence-electron chi connectivity index (χ2n) is 5.16. The lowest BCUT2D eigenvalue weighted by molar-refractivity contribution is -0.141. The first-order chi connectivity index (χ1) is 11.1. The summed E-state index contributed by atoms with van der Waals surface area (Å²) in [5.74, 6) is -0.857. The summed E-state index contributed by atoms with van der Waals surface area (Å²) in [6.45, 7) is 0. The molecule has 0 bridgehead atoms. The minimum absolute atomic E-state index is 0.108. The normalized spacial score (nSPS) is 13.1. The van der Waals surface area contributed by atoms with Gasteiger partial charge in [0.1, 0.15) is 6.04 Å². The van der Waals surface area contributed by atoms with Gasteiger partial charge in [-0.15, -0.1) is 0 Å². The van der Waals surface area contributed by atoms with Gasteiger partial charge in [-0.25, -0.2) is 0 Å². The summed E-state index contributed by atoms with van der Waals surface area (Å²) in [6.07, 6.45) is 0.108. The van der Waals surface area contributed by atoms with Crippen LogP contribution < -0.4 is 11.1 Å². The summed E-state index contributed by atoms with van der Waals surface area (Å²) in [5.41, 5.74) is 7.19. The lowest BCUT2D eigenvalue weighted by Crippen LogP contribution is -2.37. The third-order valence-corrected chi connectivity index (χ3v) is 3.59. The molecule has 0 saturated carbocycles. The Hall–Kier alpha value is -2.66. The zero-order chi connectivity index (χ0) is 16.7. The van der Waals surface area contributed by atoms with Gasteiger partial charge in [0.15, 0.2) is 0 Å². The molecule has 2 aromatic rings. The molecule has 5 nitrogen and oxygen atoms in total. The number of nitrogens with two attached hydrogens (primary N) is 1. The zero-order valence-corrected chi connectivity index (χ0v) is 12.9. The standard InChI is InChI=1S/C18H20N2O3/c1-23-16(21)12-15(13-8-4-2-5-9-13)20-17(18(19)22)14-10-6-3-7-11-14/h2-11,15,17,20H,12H2,1H3,(H2,19,22)/t15-,17-/m0/s1. The van der Waals surface area contributed by atoms with E-state index in [1.54, 1.807) is 0 Å². The summed E-state index contributed by atoms with van der Waals surface area (Å²) >= 11 is 0. The van der Waals surface area contributed by atoms with Gasteiger partial charge in [-0.05, 0) is 11.1 Å². The Morgan fingerprint density at radius 1 is 1.00 bits per heavy atom. The van der Waals surface area contributed by atoms with Crippen LogP contribution in [0.2, 0.25) is 0 Å². The van der Waals surface area contributed by atoms with Crippen molar-refractivity contribution in [1.82, 2.24) is 5.32 Å². The van der Waals surface area contributed by atoms with Gasteiger partial charge in [0.05, 0.1) is 13.5 Å². The molecule has 3 N–H and O–H groups in total. The SMILES string of the molecule is COC(=O)C[C@H](N[C@H](C(N)=O)c1ccccc1)c1ccccc1. The number of primary amides is 1. The molecule has 2 atom stereocenters. The third kappa shape index (κ3) is 4.66. The van der Waals surface area contributed by atoms with E-state index in [1.165, 1.54) is 7.11 Å². The fourth-order valence-electron chi connectivity index (χ4n) is 2.40. The predicted molar refractivity (Wildman–Crippen MR) is 87.3 cm³/mol. The van der Waals surface area contributed by atoms with Gasteiger partial charge in [0.25, 0.3) is 0 Å². The molecule has 0 spiro atoms. The molecule has 0 aliphatic carbocycles. The van der Waals surface area contributed by atoms with Crippen molar-refractivity contribution in [1.29, 1.82) is 0 Å². The van der Waals surface area contributed by atoms with Gasteiger partial charge in [-0.1, -0.05) is 60.7 Å². The second-order valence-corrected chi connectivity index (χ2v) is 5.16. The van der Waals surface area contributed by atoms with Crippen LogP contribution in [0.3, 0.4) is 0 Å². The Morgan fingerprint density at radius 3 is 2.00 bits per heavy atom. The molecular formula is C18H20N2O3. The molecule has 0 saturated heterocycles. The number of hydrogen-bond acceptors (Lipinski definition) is 4. The van der Waals surface area contributed by atoms with Gasteiger partial charge < -0.3 is 10.5 Å². The van der Waals surface area contributed by atoms with E-state index >= 15 is 0 Å². The van der Waals surface area contributed by atoms with Crippen LogP contribution in [-0.2, 0) is 14.3 Å². The van der Waals surface area contributed by atoms with Crippen LogP contribution in [0.4, 0.5) is 0 Å². The number of rotatable bonds is 7. The van der Waals surface area contributed by atoms with Crippen molar-refractivity contribution in [2.45, 2.75) is 18.5 Å². The van der Waals surface area contributed by atoms with Gasteiger partial charge in [-0.3, -0.25) is 14.9 Å². The van der Waals surface area contributed by atoms with Crippen LogP contribution in [0, 0.1) is 0 Å². The molecule has 0 radical (unpaired) electrons. The summed E-state index contributed by atoms with van der Waals surface area (Å²) in [4.78, 5) is 23.6. The predicted octanol–water partition coefficient (Wildman–Crippen LogP) is 2.11. The number of methoxy groups -OCH3 is 1. The van der Waals surface area contributed by atoms with Crippen molar-refractivity contribution >= 4 is 11.9 Å². The molecule has 0 aliphatic heterocycles. The maximum absolute atomic E-state index is 11.9. The van der Waals surface area contributed by atoms with Crippen LogP contribution in [-0.4, -0.2) is 19.0 Å². The molecule has 120 valence electrons. The highest BCUT2D eigenvalue weighted by Gasteiger charge is 2.24. The van der Waals surface area contributed by atoms with E-state index in [0.717, 1.165) is 11.1 Å². The van der Waals surface area contributed by atoms with Gasteiger partial charge in [0.2, 0.25) is 5.91 Å². The highest BCUT2D eigenvalue weighted by Crippen LogP contribution is 2.23. The Morgan fingerprint density at radius 2 is 1.52 bits per heavy atom. The summed E-state index contributed by atoms with van der Waals surface area (Å²) in [6, 6.07) is 17.6. The second kappa shape index (κ2) is 8.10. The smallest absolute Gasteiger partial charge is 0.307 e. The molecule has 0 aliphatic rings. The summed E-state index contributed by atoms with van der Waals surface area (Å²) in [7, 11) is 1.34. The lowest BCUT2D eigenvalue weighted by Gasteiger charge is -2.24. The Balaban J connectivity index is 2.27. The number of carbonyl (C=O) groups is 2. The van der Waals surface area contributed by atoms with Gasteiger partial charge >= 0.3 is 5.97 Å². The van der Waals surface area contributed by atoms with Crippen molar-refractivity contribution in [2.75, 3.05) is 7.11 Å². The number of amides is 1. The Labute approximate surface area is 135 Å². The fraction of sp³-hybridized carbons (Fsp3) is 0.222. The zero-order valence-electron chi connectivity index (χ0n) is 12.9. The van der Waals surface area contributed by atoms with E-state index in [4.69, 9.17) is 10.5 Å². The van der Waals surface area contributed by atoms with Crippen molar-refractivity contribution in [2.24, 2.45) is 5.73 Å². The van der Waals surface area contributed by atoms with E-state index in [2.05, 4.69) is 5.32 Å². The van der Waals surface area contributed by atoms with E-state index in [-0.39, 0.29) is 18.4 Å². The van der Waals surface area contributed by atoms with Crippen LogP contribution >= 0.6 is 0 Å². The quantitative estimate of drug-likeness (QED) is 0.767. The summed E-state index contributed by atoms with van der Waals surface area (Å²) < 4.78 is 4.75. The number of benzene rings is 2. The maximum atomic E-state index is 11.9. The number of nitrogens with one attached hydrogen (secondary N) is 1. The van der Waals surface area contributed by atoms with Crippen LogP contribution in [0.5, 0.6) is 0 Å². The van der Waals surface area contributed by atoms with E-state index in [0.29, 0.717) is 0 Å². The lowest BCUT2D eigenvalue weighted by atomic mass is 9.99. The van der Waals surface area contributed by atoms with E-state index in [1.807, 2.05) is 60.7 Å².